The molecule has 2 rings (SSSR count). The van der Waals surface area contributed by atoms with Crippen molar-refractivity contribution in [3.8, 4) is 0 Å². The predicted molar refractivity (Wildman–Crippen MR) is 57.1 cm³/mol. The molecule has 0 unspecified atom stereocenters. The van der Waals surface area contributed by atoms with Gasteiger partial charge in [-0.1, -0.05) is 12.1 Å². The molecule has 1 saturated heterocycles. The van der Waals surface area contributed by atoms with Crippen LogP contribution < -0.4 is 5.32 Å². The lowest BCUT2D eigenvalue weighted by Gasteiger charge is -2.23. The molecule has 1 atom stereocenters. The highest BCUT2D eigenvalue weighted by molar-refractivity contribution is 5.15. The van der Waals surface area contributed by atoms with Crippen molar-refractivity contribution in [3.05, 3.63) is 35.6 Å². The second kappa shape index (κ2) is 5.24. The summed E-state index contributed by atoms with van der Waals surface area (Å²) in [6.45, 7) is 2.50. The summed E-state index contributed by atoms with van der Waals surface area (Å²) in [7, 11) is 0. The van der Waals surface area contributed by atoms with Gasteiger partial charge in [0.15, 0.2) is 0 Å². The Morgan fingerprint density at radius 2 is 2.40 bits per heavy atom. The molecule has 0 amide bonds. The van der Waals surface area contributed by atoms with E-state index < -0.39 is 0 Å². The molecular weight excluding hydrogens is 193 g/mol. The number of hydrogen-bond acceptors (Lipinski definition) is 2. The maximum absolute atomic E-state index is 12.9. The van der Waals surface area contributed by atoms with E-state index in [1.165, 1.54) is 12.1 Å². The molecule has 1 heterocycles. The Morgan fingerprint density at radius 1 is 1.47 bits per heavy atom. The molecule has 15 heavy (non-hydrogen) atoms. The van der Waals surface area contributed by atoms with Crippen LogP contribution in [0.4, 0.5) is 4.39 Å². The van der Waals surface area contributed by atoms with Crippen LogP contribution in [0, 0.1) is 5.82 Å². The first-order valence-corrected chi connectivity index (χ1v) is 5.41. The number of benzene rings is 1. The third-order valence-electron chi connectivity index (χ3n) is 2.63. The quantitative estimate of drug-likeness (QED) is 0.823. The van der Waals surface area contributed by atoms with Crippen molar-refractivity contribution in [2.45, 2.75) is 25.6 Å². The van der Waals surface area contributed by atoms with Gasteiger partial charge in [-0.25, -0.2) is 4.39 Å². The van der Waals surface area contributed by atoms with Gasteiger partial charge in [-0.15, -0.1) is 0 Å². The molecule has 1 aromatic rings. The summed E-state index contributed by atoms with van der Waals surface area (Å²) in [6.07, 6.45) is 2.54. The minimum atomic E-state index is -0.196. The van der Waals surface area contributed by atoms with E-state index in [9.17, 15) is 4.39 Å². The Bertz CT molecular complexity index is 310. The van der Waals surface area contributed by atoms with Crippen molar-refractivity contribution in [2.24, 2.45) is 0 Å². The van der Waals surface area contributed by atoms with Crippen LogP contribution in [0.5, 0.6) is 0 Å². The van der Waals surface area contributed by atoms with Crippen LogP contribution in [0.25, 0.3) is 0 Å². The van der Waals surface area contributed by atoms with Crippen molar-refractivity contribution < 1.29 is 9.13 Å². The summed E-state index contributed by atoms with van der Waals surface area (Å²) >= 11 is 0. The molecule has 1 aliphatic heterocycles. The first-order valence-electron chi connectivity index (χ1n) is 5.41. The monoisotopic (exact) mass is 209 g/mol. The Morgan fingerprint density at radius 3 is 3.13 bits per heavy atom. The Kier molecular flexibility index (Phi) is 3.69. The van der Waals surface area contributed by atoms with Crippen molar-refractivity contribution >= 4 is 0 Å². The van der Waals surface area contributed by atoms with E-state index in [-0.39, 0.29) is 11.9 Å². The minimum Gasteiger partial charge on any atom is -0.372 e. The van der Waals surface area contributed by atoms with Gasteiger partial charge in [-0.3, -0.25) is 0 Å². The maximum Gasteiger partial charge on any atom is 0.123 e. The van der Waals surface area contributed by atoms with E-state index >= 15 is 0 Å². The normalized spacial score (nSPS) is 21.5. The average Bonchev–Trinajstić information content (AvgIpc) is 2.28. The molecule has 1 fully saturated rings. The summed E-state index contributed by atoms with van der Waals surface area (Å²) in [4.78, 5) is 0. The topological polar surface area (TPSA) is 21.3 Å². The second-order valence-corrected chi connectivity index (χ2v) is 3.91. The molecule has 0 spiro atoms. The molecule has 1 N–H and O–H groups in total. The van der Waals surface area contributed by atoms with Gasteiger partial charge in [-0.05, 0) is 37.1 Å². The van der Waals surface area contributed by atoms with Crippen molar-refractivity contribution in [1.82, 2.24) is 5.32 Å². The maximum atomic E-state index is 12.9. The van der Waals surface area contributed by atoms with Gasteiger partial charge in [0.25, 0.3) is 0 Å². The predicted octanol–water partition coefficient (Wildman–Crippen LogP) is 2.09. The zero-order valence-electron chi connectivity index (χ0n) is 8.71. The fraction of sp³-hybridized carbons (Fsp3) is 0.500. The highest BCUT2D eigenvalue weighted by Crippen LogP contribution is 2.10. The van der Waals surface area contributed by atoms with Gasteiger partial charge in [0.05, 0.1) is 12.7 Å². The highest BCUT2D eigenvalue weighted by Gasteiger charge is 2.12. The van der Waals surface area contributed by atoms with E-state index in [1.807, 2.05) is 6.07 Å². The molecular formula is C12H16FNO. The van der Waals surface area contributed by atoms with Crippen molar-refractivity contribution in [3.63, 3.8) is 0 Å². The van der Waals surface area contributed by atoms with E-state index in [2.05, 4.69) is 5.32 Å². The van der Waals surface area contributed by atoms with Crippen LogP contribution in [0.2, 0.25) is 0 Å². The average molecular weight is 209 g/mol. The van der Waals surface area contributed by atoms with Gasteiger partial charge in [0, 0.05) is 6.54 Å². The SMILES string of the molecule is Fc1cccc(CO[C@@H]2CCCNC2)c1. The Hall–Kier alpha value is -0.930. The number of halogens is 1. The molecule has 0 aliphatic carbocycles. The van der Waals surface area contributed by atoms with Crippen LogP contribution in [-0.4, -0.2) is 19.2 Å². The molecule has 0 aromatic heterocycles. The summed E-state index contributed by atoms with van der Waals surface area (Å²) in [5, 5.41) is 3.28. The van der Waals surface area contributed by atoms with Crippen LogP contribution in [0.3, 0.4) is 0 Å². The largest absolute Gasteiger partial charge is 0.372 e. The third-order valence-corrected chi connectivity index (χ3v) is 2.63. The van der Waals surface area contributed by atoms with Crippen LogP contribution in [-0.2, 0) is 11.3 Å². The first kappa shape index (κ1) is 10.6. The zero-order chi connectivity index (χ0) is 10.5. The molecule has 0 saturated carbocycles. The molecule has 82 valence electrons. The number of nitrogens with one attached hydrogen (secondary N) is 1. The zero-order valence-corrected chi connectivity index (χ0v) is 8.71. The lowest BCUT2D eigenvalue weighted by atomic mass is 10.1. The van der Waals surface area contributed by atoms with Gasteiger partial charge >= 0.3 is 0 Å². The lowest BCUT2D eigenvalue weighted by Crippen LogP contribution is -2.35. The smallest absolute Gasteiger partial charge is 0.123 e. The van der Waals surface area contributed by atoms with E-state index in [4.69, 9.17) is 4.74 Å². The van der Waals surface area contributed by atoms with Crippen LogP contribution >= 0.6 is 0 Å². The fourth-order valence-corrected chi connectivity index (χ4v) is 1.80. The molecule has 1 aromatic carbocycles. The number of hydrogen-bond donors (Lipinski definition) is 1. The standard InChI is InChI=1S/C12H16FNO/c13-11-4-1-3-10(7-11)9-15-12-5-2-6-14-8-12/h1,3-4,7,12,14H,2,5-6,8-9H2/t12-/m1/s1. The molecule has 1 aliphatic rings. The summed E-state index contributed by atoms with van der Waals surface area (Å²) in [5.74, 6) is -0.196. The van der Waals surface area contributed by atoms with Gasteiger partial charge in [-0.2, -0.15) is 0 Å². The Balaban J connectivity index is 1.81. The van der Waals surface area contributed by atoms with Gasteiger partial charge < -0.3 is 10.1 Å². The summed E-state index contributed by atoms with van der Waals surface area (Å²) in [5.41, 5.74) is 0.903. The number of rotatable bonds is 3. The number of ether oxygens (including phenoxy) is 1. The molecule has 0 bridgehead atoms. The first-order chi connectivity index (χ1) is 7.34. The number of piperidine rings is 1. The van der Waals surface area contributed by atoms with Gasteiger partial charge in [0.1, 0.15) is 5.82 Å². The van der Waals surface area contributed by atoms with Gasteiger partial charge in [0.2, 0.25) is 0 Å². The second-order valence-electron chi connectivity index (χ2n) is 3.91. The van der Waals surface area contributed by atoms with Crippen LogP contribution in [0.15, 0.2) is 24.3 Å². The third kappa shape index (κ3) is 3.29. The molecule has 0 radical (unpaired) electrons. The molecule has 3 heteroatoms. The minimum absolute atomic E-state index is 0.196. The van der Waals surface area contributed by atoms with Crippen LogP contribution in [0.1, 0.15) is 18.4 Å². The molecule has 2 nitrogen and oxygen atoms in total. The van der Waals surface area contributed by atoms with Crippen molar-refractivity contribution in [1.29, 1.82) is 0 Å². The van der Waals surface area contributed by atoms with E-state index in [1.54, 1.807) is 6.07 Å². The summed E-state index contributed by atoms with van der Waals surface area (Å²) in [6, 6.07) is 6.58. The lowest BCUT2D eigenvalue weighted by molar-refractivity contribution is 0.0252. The summed E-state index contributed by atoms with van der Waals surface area (Å²) < 4.78 is 18.6. The van der Waals surface area contributed by atoms with E-state index in [0.29, 0.717) is 6.61 Å². The Labute approximate surface area is 89.4 Å². The highest BCUT2D eigenvalue weighted by atomic mass is 19.1. The van der Waals surface area contributed by atoms with Crippen molar-refractivity contribution in [2.75, 3.05) is 13.1 Å². The van der Waals surface area contributed by atoms with E-state index in [0.717, 1.165) is 31.5 Å². The fourth-order valence-electron chi connectivity index (χ4n) is 1.80.